The monoisotopic (exact) mass is 271 g/mol. The molecule has 0 radical (unpaired) electrons. The fraction of sp³-hybridized carbons (Fsp3) is 0.600. The van der Waals surface area contributed by atoms with Crippen molar-refractivity contribution in [1.29, 1.82) is 0 Å². The van der Waals surface area contributed by atoms with Crippen molar-refractivity contribution in [3.63, 3.8) is 0 Å². The Morgan fingerprint density at radius 2 is 1.47 bits per heavy atom. The average molecular weight is 271 g/mol. The number of alkyl halides is 3. The van der Waals surface area contributed by atoms with Gasteiger partial charge in [-0.1, -0.05) is 58.0 Å². The highest BCUT2D eigenvalue weighted by atomic mass is 19.4. The van der Waals surface area contributed by atoms with E-state index < -0.39 is 12.2 Å². The SMILES string of the molecule is CC1(C)C(NC(c2ccccc2)C(F)(F)F)C1(C)C. The van der Waals surface area contributed by atoms with Crippen LogP contribution in [0.1, 0.15) is 39.3 Å². The molecule has 1 saturated carbocycles. The van der Waals surface area contributed by atoms with E-state index in [0.29, 0.717) is 0 Å². The quantitative estimate of drug-likeness (QED) is 0.863. The van der Waals surface area contributed by atoms with Crippen molar-refractivity contribution >= 4 is 0 Å². The van der Waals surface area contributed by atoms with Gasteiger partial charge in [0.25, 0.3) is 0 Å². The standard InChI is InChI=1S/C15H20F3N/c1-13(2)12(14(13,3)4)19-11(15(16,17)18)10-8-6-5-7-9-10/h5-9,11-12,19H,1-4H3. The molecule has 1 N–H and O–H groups in total. The van der Waals surface area contributed by atoms with Crippen LogP contribution in [-0.2, 0) is 0 Å². The largest absolute Gasteiger partial charge is 0.407 e. The number of rotatable bonds is 3. The Hall–Kier alpha value is -1.03. The molecule has 19 heavy (non-hydrogen) atoms. The van der Waals surface area contributed by atoms with Crippen LogP contribution in [0.4, 0.5) is 13.2 Å². The van der Waals surface area contributed by atoms with Crippen LogP contribution in [0.5, 0.6) is 0 Å². The van der Waals surface area contributed by atoms with Gasteiger partial charge in [0.1, 0.15) is 6.04 Å². The summed E-state index contributed by atoms with van der Waals surface area (Å²) in [5.41, 5.74) is 0.0322. The summed E-state index contributed by atoms with van der Waals surface area (Å²) in [5.74, 6) is 0. The molecule has 1 unspecified atom stereocenters. The number of hydrogen-bond donors (Lipinski definition) is 1. The van der Waals surface area contributed by atoms with Gasteiger partial charge in [0.05, 0.1) is 0 Å². The van der Waals surface area contributed by atoms with Crippen LogP contribution < -0.4 is 5.32 Å². The molecule has 1 aliphatic rings. The number of hydrogen-bond acceptors (Lipinski definition) is 1. The molecule has 1 aliphatic carbocycles. The fourth-order valence-corrected chi connectivity index (χ4v) is 2.80. The first kappa shape index (κ1) is 14.4. The van der Waals surface area contributed by atoms with Crippen LogP contribution in [0.15, 0.2) is 30.3 Å². The maximum atomic E-state index is 13.2. The summed E-state index contributed by atoms with van der Waals surface area (Å²) in [4.78, 5) is 0. The van der Waals surface area contributed by atoms with Gasteiger partial charge in [0.2, 0.25) is 0 Å². The molecule has 4 heteroatoms. The van der Waals surface area contributed by atoms with E-state index in [0.717, 1.165) is 0 Å². The van der Waals surface area contributed by atoms with E-state index >= 15 is 0 Å². The third kappa shape index (κ3) is 2.38. The Morgan fingerprint density at radius 3 is 1.84 bits per heavy atom. The first-order valence-electron chi connectivity index (χ1n) is 6.46. The van der Waals surface area contributed by atoms with Crippen molar-refractivity contribution in [1.82, 2.24) is 5.32 Å². The summed E-state index contributed by atoms with van der Waals surface area (Å²) in [5, 5.41) is 2.80. The van der Waals surface area contributed by atoms with Gasteiger partial charge < -0.3 is 0 Å². The number of halogens is 3. The third-order valence-electron chi connectivity index (χ3n) is 4.81. The predicted molar refractivity (Wildman–Crippen MR) is 69.7 cm³/mol. The van der Waals surface area contributed by atoms with Crippen LogP contribution in [0.2, 0.25) is 0 Å². The third-order valence-corrected chi connectivity index (χ3v) is 4.81. The van der Waals surface area contributed by atoms with E-state index in [9.17, 15) is 13.2 Å². The van der Waals surface area contributed by atoms with E-state index in [-0.39, 0.29) is 22.4 Å². The minimum atomic E-state index is -4.28. The van der Waals surface area contributed by atoms with Crippen molar-refractivity contribution in [2.45, 2.75) is 46.0 Å². The molecule has 1 aromatic rings. The lowest BCUT2D eigenvalue weighted by atomic mass is 10.0. The molecule has 2 rings (SSSR count). The molecule has 1 aromatic carbocycles. The van der Waals surface area contributed by atoms with Gasteiger partial charge in [0, 0.05) is 6.04 Å². The summed E-state index contributed by atoms with van der Waals surface area (Å²) < 4.78 is 39.7. The molecule has 0 spiro atoms. The molecule has 0 amide bonds. The van der Waals surface area contributed by atoms with Crippen LogP contribution in [0, 0.1) is 10.8 Å². The van der Waals surface area contributed by atoms with E-state index in [1.54, 1.807) is 18.2 Å². The Bertz CT molecular complexity index is 434. The highest BCUT2D eigenvalue weighted by Gasteiger charge is 2.66. The smallest absolute Gasteiger partial charge is 0.299 e. The Kier molecular flexibility index (Phi) is 3.21. The van der Waals surface area contributed by atoms with Gasteiger partial charge in [0.15, 0.2) is 0 Å². The molecule has 1 nitrogen and oxygen atoms in total. The Morgan fingerprint density at radius 1 is 1.00 bits per heavy atom. The topological polar surface area (TPSA) is 12.0 Å². The summed E-state index contributed by atoms with van der Waals surface area (Å²) in [6.45, 7) is 8.01. The molecule has 0 bridgehead atoms. The lowest BCUT2D eigenvalue weighted by Crippen LogP contribution is -2.37. The number of nitrogens with one attached hydrogen (secondary N) is 1. The average Bonchev–Trinajstić information content (AvgIpc) is 2.66. The lowest BCUT2D eigenvalue weighted by molar-refractivity contribution is -0.158. The van der Waals surface area contributed by atoms with Crippen molar-refractivity contribution in [2.24, 2.45) is 10.8 Å². The van der Waals surface area contributed by atoms with E-state index in [2.05, 4.69) is 5.32 Å². The first-order valence-corrected chi connectivity index (χ1v) is 6.46. The molecular formula is C15H20F3N. The molecule has 106 valence electrons. The van der Waals surface area contributed by atoms with Gasteiger partial charge in [-0.15, -0.1) is 0 Å². The molecule has 0 saturated heterocycles. The molecule has 0 heterocycles. The minimum absolute atomic E-state index is 0.120. The van der Waals surface area contributed by atoms with Gasteiger partial charge >= 0.3 is 6.18 Å². The molecule has 1 atom stereocenters. The van der Waals surface area contributed by atoms with Crippen LogP contribution in [-0.4, -0.2) is 12.2 Å². The highest BCUT2D eigenvalue weighted by Crippen LogP contribution is 2.63. The second-order valence-corrected chi connectivity index (χ2v) is 6.43. The van der Waals surface area contributed by atoms with Crippen LogP contribution in [0.25, 0.3) is 0 Å². The zero-order valence-corrected chi connectivity index (χ0v) is 11.7. The summed E-state index contributed by atoms with van der Waals surface area (Å²) in [7, 11) is 0. The van der Waals surface area contributed by atoms with Gasteiger partial charge in [-0.25, -0.2) is 0 Å². The van der Waals surface area contributed by atoms with E-state index in [1.165, 1.54) is 12.1 Å². The van der Waals surface area contributed by atoms with Crippen LogP contribution in [0.3, 0.4) is 0 Å². The second-order valence-electron chi connectivity index (χ2n) is 6.43. The molecule has 0 aliphatic heterocycles. The fourth-order valence-electron chi connectivity index (χ4n) is 2.80. The van der Waals surface area contributed by atoms with E-state index in [1.807, 2.05) is 27.7 Å². The zero-order valence-electron chi connectivity index (χ0n) is 11.7. The van der Waals surface area contributed by atoms with Crippen molar-refractivity contribution in [3.05, 3.63) is 35.9 Å². The first-order chi connectivity index (χ1) is 8.58. The zero-order chi connectivity index (χ0) is 14.5. The second kappa shape index (κ2) is 4.23. The molecule has 1 fully saturated rings. The van der Waals surface area contributed by atoms with Gasteiger partial charge in [-0.05, 0) is 16.4 Å². The van der Waals surface area contributed by atoms with Gasteiger partial charge in [-0.2, -0.15) is 13.2 Å². The normalized spacial score (nSPS) is 23.1. The highest BCUT2D eigenvalue weighted by molar-refractivity contribution is 5.24. The minimum Gasteiger partial charge on any atom is -0.299 e. The lowest BCUT2D eigenvalue weighted by Gasteiger charge is -2.23. The summed E-state index contributed by atoms with van der Waals surface area (Å²) in [6.07, 6.45) is -4.28. The summed E-state index contributed by atoms with van der Waals surface area (Å²) in [6, 6.07) is 6.31. The Labute approximate surface area is 112 Å². The summed E-state index contributed by atoms with van der Waals surface area (Å²) >= 11 is 0. The number of benzene rings is 1. The van der Waals surface area contributed by atoms with Crippen molar-refractivity contribution in [2.75, 3.05) is 0 Å². The van der Waals surface area contributed by atoms with Gasteiger partial charge in [-0.3, -0.25) is 5.32 Å². The predicted octanol–water partition coefficient (Wildman–Crippen LogP) is 4.31. The van der Waals surface area contributed by atoms with Crippen molar-refractivity contribution < 1.29 is 13.2 Å². The maximum absolute atomic E-state index is 13.2. The van der Waals surface area contributed by atoms with Crippen LogP contribution >= 0.6 is 0 Å². The van der Waals surface area contributed by atoms with Crippen molar-refractivity contribution in [3.8, 4) is 0 Å². The molecular weight excluding hydrogens is 251 g/mol. The Balaban J connectivity index is 2.23. The maximum Gasteiger partial charge on any atom is 0.407 e. The van der Waals surface area contributed by atoms with E-state index in [4.69, 9.17) is 0 Å². The molecule has 0 aromatic heterocycles.